The maximum absolute atomic E-state index is 10.3. The van der Waals surface area contributed by atoms with Crippen molar-refractivity contribution in [1.82, 2.24) is 10.1 Å². The van der Waals surface area contributed by atoms with E-state index < -0.39 is 5.60 Å². The van der Waals surface area contributed by atoms with Crippen LogP contribution in [0.5, 0.6) is 0 Å². The molecule has 98 valence electrons. The van der Waals surface area contributed by atoms with Gasteiger partial charge >= 0.3 is 0 Å². The molecule has 0 fully saturated rings. The van der Waals surface area contributed by atoms with E-state index in [-0.39, 0.29) is 0 Å². The van der Waals surface area contributed by atoms with Crippen molar-refractivity contribution in [3.8, 4) is 0 Å². The lowest BCUT2D eigenvalue weighted by Gasteiger charge is -2.30. The van der Waals surface area contributed by atoms with Crippen molar-refractivity contribution >= 4 is 0 Å². The number of nitrogens with zero attached hydrogens (tertiary/aromatic N) is 2. The first-order chi connectivity index (χ1) is 7.91. The van der Waals surface area contributed by atoms with Gasteiger partial charge < -0.3 is 9.63 Å². The summed E-state index contributed by atoms with van der Waals surface area (Å²) in [5.74, 6) is 0.867. The van der Waals surface area contributed by atoms with Gasteiger partial charge in [-0.15, -0.1) is 0 Å². The smallest absolute Gasteiger partial charge is 0.138 e. The molecule has 0 amide bonds. The Morgan fingerprint density at radius 3 is 2.29 bits per heavy atom. The zero-order valence-electron chi connectivity index (χ0n) is 11.6. The summed E-state index contributed by atoms with van der Waals surface area (Å²) in [6.45, 7) is 9.36. The molecule has 0 aliphatic rings. The third-order valence-corrected chi connectivity index (χ3v) is 3.49. The summed E-state index contributed by atoms with van der Waals surface area (Å²) >= 11 is 0. The van der Waals surface area contributed by atoms with Crippen molar-refractivity contribution in [3.05, 3.63) is 17.0 Å². The van der Waals surface area contributed by atoms with Gasteiger partial charge in [0.15, 0.2) is 0 Å². The van der Waals surface area contributed by atoms with Crippen LogP contribution >= 0.6 is 0 Å². The molecule has 0 saturated carbocycles. The van der Waals surface area contributed by atoms with Gasteiger partial charge in [-0.25, -0.2) is 0 Å². The second kappa shape index (κ2) is 5.65. The molecule has 0 aliphatic carbocycles. The van der Waals surface area contributed by atoms with Crippen LogP contribution in [0, 0.1) is 13.8 Å². The highest BCUT2D eigenvalue weighted by molar-refractivity contribution is 5.20. The Morgan fingerprint density at radius 2 is 1.88 bits per heavy atom. The van der Waals surface area contributed by atoms with E-state index in [0.717, 1.165) is 36.4 Å². The average molecular weight is 240 g/mol. The Hall–Kier alpha value is -0.870. The number of likely N-dealkylation sites (N-methyl/N-ethyl adjacent to an activating group) is 1. The summed E-state index contributed by atoms with van der Waals surface area (Å²) in [4.78, 5) is 2.12. The highest BCUT2D eigenvalue weighted by atomic mass is 16.5. The van der Waals surface area contributed by atoms with Crippen molar-refractivity contribution in [2.75, 3.05) is 13.6 Å². The van der Waals surface area contributed by atoms with Crippen LogP contribution in [0.25, 0.3) is 0 Å². The topological polar surface area (TPSA) is 49.5 Å². The summed E-state index contributed by atoms with van der Waals surface area (Å²) < 4.78 is 5.14. The van der Waals surface area contributed by atoms with E-state index in [1.807, 2.05) is 34.7 Å². The van der Waals surface area contributed by atoms with Crippen LogP contribution in [-0.4, -0.2) is 34.4 Å². The van der Waals surface area contributed by atoms with E-state index in [1.54, 1.807) is 0 Å². The van der Waals surface area contributed by atoms with Crippen LogP contribution in [0.2, 0.25) is 0 Å². The van der Waals surface area contributed by atoms with Gasteiger partial charge in [0, 0.05) is 18.7 Å². The molecular formula is C13H24N2O2. The molecule has 4 heteroatoms. The molecule has 0 aromatic carbocycles. The van der Waals surface area contributed by atoms with Gasteiger partial charge in [-0.3, -0.25) is 4.90 Å². The zero-order chi connectivity index (χ0) is 13.1. The lowest BCUT2D eigenvalue weighted by atomic mass is 9.97. The molecule has 0 spiro atoms. The molecule has 0 aliphatic heterocycles. The first-order valence-electron chi connectivity index (χ1n) is 6.24. The Bertz CT molecular complexity index is 337. The van der Waals surface area contributed by atoms with Crippen molar-refractivity contribution in [1.29, 1.82) is 0 Å². The van der Waals surface area contributed by atoms with Crippen molar-refractivity contribution < 1.29 is 9.63 Å². The molecule has 1 rings (SSSR count). The maximum Gasteiger partial charge on any atom is 0.138 e. The molecule has 0 atom stereocenters. The number of aromatic nitrogens is 1. The molecule has 1 heterocycles. The largest absolute Gasteiger partial charge is 0.389 e. The fourth-order valence-corrected chi connectivity index (χ4v) is 2.03. The van der Waals surface area contributed by atoms with Crippen LogP contribution in [0.15, 0.2) is 4.52 Å². The fraction of sp³-hybridized carbons (Fsp3) is 0.769. The monoisotopic (exact) mass is 240 g/mol. The van der Waals surface area contributed by atoms with Crippen LogP contribution < -0.4 is 0 Å². The number of aryl methyl sites for hydroxylation is 2. The van der Waals surface area contributed by atoms with Gasteiger partial charge in [-0.2, -0.15) is 0 Å². The van der Waals surface area contributed by atoms with Gasteiger partial charge in [-0.05, 0) is 33.7 Å². The normalized spacial score (nSPS) is 12.4. The van der Waals surface area contributed by atoms with E-state index in [1.165, 1.54) is 0 Å². The summed E-state index contributed by atoms with van der Waals surface area (Å²) in [6.07, 6.45) is 1.55. The molecule has 1 N–H and O–H groups in total. The van der Waals surface area contributed by atoms with Crippen LogP contribution in [0.3, 0.4) is 0 Å². The minimum atomic E-state index is -0.590. The number of hydrogen-bond donors (Lipinski definition) is 1. The van der Waals surface area contributed by atoms with E-state index in [2.05, 4.69) is 10.1 Å². The maximum atomic E-state index is 10.3. The molecule has 0 saturated heterocycles. The lowest BCUT2D eigenvalue weighted by Crippen LogP contribution is -2.40. The van der Waals surface area contributed by atoms with Gasteiger partial charge in [0.2, 0.25) is 0 Å². The van der Waals surface area contributed by atoms with Crippen molar-refractivity contribution in [2.24, 2.45) is 0 Å². The Balaban J connectivity index is 2.64. The SMILES string of the molecule is CCC(O)(CC)CN(C)Cc1c(C)noc1C. The van der Waals surface area contributed by atoms with E-state index in [9.17, 15) is 5.11 Å². The van der Waals surface area contributed by atoms with Crippen molar-refractivity contribution in [3.63, 3.8) is 0 Å². The quantitative estimate of drug-likeness (QED) is 0.828. The predicted octanol–water partition coefficient (Wildman–Crippen LogP) is 2.27. The molecule has 1 aromatic heterocycles. The summed E-state index contributed by atoms with van der Waals surface area (Å²) in [5.41, 5.74) is 1.47. The van der Waals surface area contributed by atoms with Crippen LogP contribution in [0.4, 0.5) is 0 Å². The van der Waals surface area contributed by atoms with E-state index in [4.69, 9.17) is 4.52 Å². The predicted molar refractivity (Wildman–Crippen MR) is 67.8 cm³/mol. The minimum Gasteiger partial charge on any atom is -0.389 e. The molecule has 0 radical (unpaired) electrons. The van der Waals surface area contributed by atoms with E-state index in [0.29, 0.717) is 6.54 Å². The number of rotatable bonds is 6. The third-order valence-electron chi connectivity index (χ3n) is 3.49. The first-order valence-corrected chi connectivity index (χ1v) is 6.24. The summed E-state index contributed by atoms with van der Waals surface area (Å²) in [7, 11) is 2.02. The number of hydrogen-bond acceptors (Lipinski definition) is 4. The molecular weight excluding hydrogens is 216 g/mol. The van der Waals surface area contributed by atoms with Gasteiger partial charge in [0.25, 0.3) is 0 Å². The standard InChI is InChI=1S/C13H24N2O2/c1-6-13(16,7-2)9-15(5)8-12-10(3)14-17-11(12)4/h16H,6-9H2,1-5H3. The second-order valence-electron chi connectivity index (χ2n) is 4.91. The van der Waals surface area contributed by atoms with E-state index >= 15 is 0 Å². The summed E-state index contributed by atoms with van der Waals surface area (Å²) in [5, 5.41) is 14.2. The Kier molecular flexibility index (Phi) is 4.71. The molecule has 4 nitrogen and oxygen atoms in total. The summed E-state index contributed by atoms with van der Waals surface area (Å²) in [6, 6.07) is 0. The Labute approximate surface area is 104 Å². The molecule has 0 bridgehead atoms. The Morgan fingerprint density at radius 1 is 1.29 bits per heavy atom. The zero-order valence-corrected chi connectivity index (χ0v) is 11.6. The number of aliphatic hydroxyl groups is 1. The highest BCUT2D eigenvalue weighted by Crippen LogP contribution is 2.19. The minimum absolute atomic E-state index is 0.590. The molecule has 17 heavy (non-hydrogen) atoms. The van der Waals surface area contributed by atoms with Crippen LogP contribution in [0.1, 0.15) is 43.7 Å². The van der Waals surface area contributed by atoms with Gasteiger partial charge in [-0.1, -0.05) is 19.0 Å². The average Bonchev–Trinajstić information content (AvgIpc) is 2.60. The third kappa shape index (κ3) is 3.54. The first kappa shape index (κ1) is 14.2. The fourth-order valence-electron chi connectivity index (χ4n) is 2.03. The van der Waals surface area contributed by atoms with Gasteiger partial charge in [0.1, 0.15) is 5.76 Å². The van der Waals surface area contributed by atoms with Crippen LogP contribution in [-0.2, 0) is 6.54 Å². The van der Waals surface area contributed by atoms with Crippen molar-refractivity contribution in [2.45, 2.75) is 52.7 Å². The second-order valence-corrected chi connectivity index (χ2v) is 4.91. The molecule has 1 aromatic rings. The lowest BCUT2D eigenvalue weighted by molar-refractivity contribution is 0.00118. The molecule has 0 unspecified atom stereocenters. The highest BCUT2D eigenvalue weighted by Gasteiger charge is 2.24. The van der Waals surface area contributed by atoms with Gasteiger partial charge in [0.05, 0.1) is 11.3 Å².